The molecule has 1 rings (SSSR count). The van der Waals surface area contributed by atoms with Gasteiger partial charge in [0.05, 0.1) is 11.1 Å². The lowest BCUT2D eigenvalue weighted by Gasteiger charge is -2.03. The Morgan fingerprint density at radius 3 is 2.64 bits per heavy atom. The van der Waals surface area contributed by atoms with Crippen LogP contribution in [0.5, 0.6) is 0 Å². The third-order valence-electron chi connectivity index (χ3n) is 1.68. The van der Waals surface area contributed by atoms with Crippen LogP contribution in [0, 0.1) is 14.9 Å². The Morgan fingerprint density at radius 2 is 2.21 bits per heavy atom. The van der Waals surface area contributed by atoms with E-state index in [-0.39, 0.29) is 11.1 Å². The fourth-order valence-corrected chi connectivity index (χ4v) is 1.72. The third-order valence-corrected chi connectivity index (χ3v) is 2.84. The van der Waals surface area contributed by atoms with Crippen molar-refractivity contribution in [3.05, 3.63) is 32.4 Å². The zero-order valence-corrected chi connectivity index (χ0v) is 9.11. The molecule has 2 N–H and O–H groups in total. The van der Waals surface area contributed by atoms with Crippen LogP contribution in [0.25, 0.3) is 0 Å². The number of aldehydes is 1. The highest BCUT2D eigenvalue weighted by molar-refractivity contribution is 14.1. The molecule has 0 saturated heterocycles. The summed E-state index contributed by atoms with van der Waals surface area (Å²) in [7, 11) is 0. The van der Waals surface area contributed by atoms with E-state index in [9.17, 15) is 9.59 Å². The number of benzene rings is 1. The van der Waals surface area contributed by atoms with Crippen LogP contribution >= 0.6 is 22.6 Å². The second-order valence-corrected chi connectivity index (χ2v) is 3.56. The maximum atomic E-state index is 10.9. The normalized spacial score (nSPS) is 9.14. The van der Waals surface area contributed by atoms with E-state index in [2.05, 4.69) is 0 Å². The molecule has 0 aliphatic heterocycles. The molecule has 0 spiro atoms. The number of nitriles is 1. The molecule has 0 fully saturated rings. The SMILES string of the molecule is N#Cc1c(C(N)=O)ccc(C=O)c1I. The Labute approximate surface area is 93.8 Å². The van der Waals surface area contributed by atoms with Gasteiger partial charge in [0.2, 0.25) is 5.91 Å². The minimum atomic E-state index is -0.670. The first-order chi connectivity index (χ1) is 6.61. The van der Waals surface area contributed by atoms with Gasteiger partial charge in [-0.05, 0) is 34.7 Å². The summed E-state index contributed by atoms with van der Waals surface area (Å²) >= 11 is 1.84. The number of halogens is 1. The minimum absolute atomic E-state index is 0.141. The number of primary amides is 1. The molecule has 0 aliphatic carbocycles. The van der Waals surface area contributed by atoms with Gasteiger partial charge in [-0.2, -0.15) is 5.26 Å². The number of nitrogens with two attached hydrogens (primary N) is 1. The van der Waals surface area contributed by atoms with Crippen LogP contribution in [0.3, 0.4) is 0 Å². The molecule has 0 aliphatic rings. The van der Waals surface area contributed by atoms with Crippen LogP contribution in [0.15, 0.2) is 12.1 Å². The second kappa shape index (κ2) is 4.19. The van der Waals surface area contributed by atoms with Gasteiger partial charge in [0.1, 0.15) is 6.07 Å². The van der Waals surface area contributed by atoms with Crippen molar-refractivity contribution in [3.63, 3.8) is 0 Å². The minimum Gasteiger partial charge on any atom is -0.366 e. The van der Waals surface area contributed by atoms with Crippen molar-refractivity contribution in [1.82, 2.24) is 0 Å². The smallest absolute Gasteiger partial charge is 0.250 e. The number of carbonyl (C=O) groups is 2. The molecule has 0 aromatic heterocycles. The predicted octanol–water partition coefficient (Wildman–Crippen LogP) is 1.07. The number of carbonyl (C=O) groups excluding carboxylic acids is 2. The summed E-state index contributed by atoms with van der Waals surface area (Å²) in [4.78, 5) is 21.5. The van der Waals surface area contributed by atoms with Gasteiger partial charge in [-0.25, -0.2) is 0 Å². The summed E-state index contributed by atoms with van der Waals surface area (Å²) in [6.07, 6.45) is 0.632. The Hall–Kier alpha value is -1.42. The van der Waals surface area contributed by atoms with Crippen LogP contribution < -0.4 is 5.73 Å². The van der Waals surface area contributed by atoms with Crippen molar-refractivity contribution in [2.75, 3.05) is 0 Å². The third kappa shape index (κ3) is 1.75. The van der Waals surface area contributed by atoms with E-state index in [1.165, 1.54) is 12.1 Å². The van der Waals surface area contributed by atoms with E-state index >= 15 is 0 Å². The molecule has 70 valence electrons. The lowest BCUT2D eigenvalue weighted by atomic mass is 10.1. The molecule has 0 heterocycles. The molecule has 0 saturated carbocycles. The summed E-state index contributed by atoms with van der Waals surface area (Å²) in [6.45, 7) is 0. The molecule has 0 unspecified atom stereocenters. The average Bonchev–Trinajstić information content (AvgIpc) is 2.17. The summed E-state index contributed by atoms with van der Waals surface area (Å²) in [6, 6.07) is 4.70. The maximum absolute atomic E-state index is 10.9. The average molecular weight is 300 g/mol. The monoisotopic (exact) mass is 300 g/mol. The van der Waals surface area contributed by atoms with Crippen molar-refractivity contribution >= 4 is 34.8 Å². The highest BCUT2D eigenvalue weighted by Gasteiger charge is 2.13. The van der Waals surface area contributed by atoms with Crippen molar-refractivity contribution < 1.29 is 9.59 Å². The molecule has 5 heteroatoms. The van der Waals surface area contributed by atoms with Gasteiger partial charge in [-0.15, -0.1) is 0 Å². The lowest BCUT2D eigenvalue weighted by molar-refractivity contribution is 0.0999. The highest BCUT2D eigenvalue weighted by Crippen LogP contribution is 2.19. The molecule has 1 aromatic carbocycles. The standard InChI is InChI=1S/C9H5IN2O2/c10-8-5(4-13)1-2-6(9(12)14)7(8)3-11/h1-2,4H,(H2,12,14). The zero-order valence-electron chi connectivity index (χ0n) is 6.95. The fraction of sp³-hybridized carbons (Fsp3) is 0. The first-order valence-corrected chi connectivity index (χ1v) is 4.67. The van der Waals surface area contributed by atoms with Crippen LogP contribution in [0.4, 0.5) is 0 Å². The second-order valence-electron chi connectivity index (χ2n) is 2.49. The van der Waals surface area contributed by atoms with Crippen LogP contribution in [0.1, 0.15) is 26.3 Å². The van der Waals surface area contributed by atoms with Crippen molar-refractivity contribution in [1.29, 1.82) is 5.26 Å². The molecule has 0 bridgehead atoms. The molecule has 0 radical (unpaired) electrons. The van der Waals surface area contributed by atoms with Crippen molar-refractivity contribution in [2.24, 2.45) is 5.73 Å². The van der Waals surface area contributed by atoms with Gasteiger partial charge < -0.3 is 5.73 Å². The van der Waals surface area contributed by atoms with Crippen molar-refractivity contribution in [2.45, 2.75) is 0 Å². The molecular formula is C9H5IN2O2. The summed E-state index contributed by atoms with van der Waals surface area (Å²) < 4.78 is 0.455. The van der Waals surface area contributed by atoms with Crippen molar-refractivity contribution in [3.8, 4) is 6.07 Å². The summed E-state index contributed by atoms with van der Waals surface area (Å²) in [5.41, 5.74) is 5.75. The van der Waals surface area contributed by atoms with E-state index < -0.39 is 5.91 Å². The Bertz CT molecular complexity index is 449. The number of nitrogens with zero attached hydrogens (tertiary/aromatic N) is 1. The quantitative estimate of drug-likeness (QED) is 0.655. The van der Waals surface area contributed by atoms with Crippen LogP contribution in [0.2, 0.25) is 0 Å². The molecular weight excluding hydrogens is 295 g/mol. The first kappa shape index (κ1) is 10.7. The lowest BCUT2D eigenvalue weighted by Crippen LogP contribution is -2.14. The van der Waals surface area contributed by atoms with E-state index in [1.807, 2.05) is 28.7 Å². The molecule has 1 aromatic rings. The van der Waals surface area contributed by atoms with E-state index in [1.54, 1.807) is 0 Å². The first-order valence-electron chi connectivity index (χ1n) is 3.59. The van der Waals surface area contributed by atoms with Gasteiger partial charge >= 0.3 is 0 Å². The Morgan fingerprint density at radius 1 is 1.57 bits per heavy atom. The van der Waals surface area contributed by atoms with E-state index in [4.69, 9.17) is 11.0 Å². The zero-order chi connectivity index (χ0) is 10.7. The molecule has 0 atom stereocenters. The van der Waals surface area contributed by atoms with Gasteiger partial charge in [-0.3, -0.25) is 9.59 Å². The van der Waals surface area contributed by atoms with Crippen LogP contribution in [-0.2, 0) is 0 Å². The molecule has 1 amide bonds. The van der Waals surface area contributed by atoms with E-state index in [0.717, 1.165) is 0 Å². The Balaban J connectivity index is 3.53. The molecule has 4 nitrogen and oxygen atoms in total. The van der Waals surface area contributed by atoms with Gasteiger partial charge in [0.25, 0.3) is 0 Å². The number of rotatable bonds is 2. The molecule has 14 heavy (non-hydrogen) atoms. The summed E-state index contributed by atoms with van der Waals surface area (Å²) in [5.74, 6) is -0.670. The number of hydrogen-bond donors (Lipinski definition) is 1. The van der Waals surface area contributed by atoms with Gasteiger partial charge in [0, 0.05) is 9.13 Å². The predicted molar refractivity (Wildman–Crippen MR) is 57.8 cm³/mol. The Kier molecular flexibility index (Phi) is 3.19. The van der Waals surface area contributed by atoms with E-state index in [0.29, 0.717) is 15.4 Å². The van der Waals surface area contributed by atoms with Gasteiger partial charge in [-0.1, -0.05) is 0 Å². The number of hydrogen-bond acceptors (Lipinski definition) is 3. The topological polar surface area (TPSA) is 83.9 Å². The fourth-order valence-electron chi connectivity index (χ4n) is 0.998. The largest absolute Gasteiger partial charge is 0.366 e. The highest BCUT2D eigenvalue weighted by atomic mass is 127. The van der Waals surface area contributed by atoms with Crippen LogP contribution in [-0.4, -0.2) is 12.2 Å². The van der Waals surface area contributed by atoms with Gasteiger partial charge in [0.15, 0.2) is 6.29 Å². The number of amides is 1. The summed E-state index contributed by atoms with van der Waals surface area (Å²) in [5, 5.41) is 8.79. The maximum Gasteiger partial charge on any atom is 0.250 e.